The highest BCUT2D eigenvalue weighted by Crippen LogP contribution is 2.12. The van der Waals surface area contributed by atoms with E-state index in [0.29, 0.717) is 6.67 Å². The number of terminal acetylenes is 1. The van der Waals surface area contributed by atoms with Crippen LogP contribution in [0.2, 0.25) is 0 Å². The Labute approximate surface area is 129 Å². The van der Waals surface area contributed by atoms with Crippen LogP contribution in [0.5, 0.6) is 0 Å². The lowest BCUT2D eigenvalue weighted by Gasteiger charge is -2.33. The van der Waals surface area contributed by atoms with E-state index < -0.39 is 0 Å². The van der Waals surface area contributed by atoms with Gasteiger partial charge in [-0.15, -0.1) is 11.5 Å². The van der Waals surface area contributed by atoms with Crippen molar-refractivity contribution in [2.24, 2.45) is 0 Å². The van der Waals surface area contributed by atoms with Gasteiger partial charge in [0.15, 0.2) is 0 Å². The lowest BCUT2D eigenvalue weighted by molar-refractivity contribution is 0.110. The fraction of sp³-hybridized carbons (Fsp3) is 0.400. The molecule has 1 aromatic carbocycles. The standard InChI is InChI=1S/C15H17N5S/c1-2-7-18-8-10-19(11-9-18)12-20-15(21)13-5-3-4-6-14(13)16-17-20/h1,3-6H,7-12H2. The Morgan fingerprint density at radius 2 is 1.86 bits per heavy atom. The van der Waals surface area contributed by atoms with Gasteiger partial charge < -0.3 is 0 Å². The fourth-order valence-corrected chi connectivity index (χ4v) is 2.79. The van der Waals surface area contributed by atoms with Crippen molar-refractivity contribution in [2.75, 3.05) is 32.7 Å². The Hall–Kier alpha value is -1.81. The average molecular weight is 299 g/mol. The van der Waals surface area contributed by atoms with Gasteiger partial charge in [0.05, 0.1) is 18.7 Å². The molecule has 1 aromatic heterocycles. The number of nitrogens with zero attached hydrogens (tertiary/aromatic N) is 5. The Morgan fingerprint density at radius 1 is 1.14 bits per heavy atom. The molecule has 0 saturated carbocycles. The molecule has 108 valence electrons. The molecule has 0 atom stereocenters. The first-order valence-corrected chi connectivity index (χ1v) is 7.39. The van der Waals surface area contributed by atoms with E-state index in [2.05, 4.69) is 26.0 Å². The first kappa shape index (κ1) is 14.1. The van der Waals surface area contributed by atoms with Crippen molar-refractivity contribution < 1.29 is 0 Å². The van der Waals surface area contributed by atoms with Crippen LogP contribution in [0.4, 0.5) is 0 Å². The third-order valence-electron chi connectivity index (χ3n) is 3.74. The third-order valence-corrected chi connectivity index (χ3v) is 4.17. The zero-order valence-corrected chi connectivity index (χ0v) is 12.6. The van der Waals surface area contributed by atoms with E-state index in [1.807, 2.05) is 24.3 Å². The van der Waals surface area contributed by atoms with E-state index in [4.69, 9.17) is 18.6 Å². The molecule has 0 spiro atoms. The number of hydrogen-bond donors (Lipinski definition) is 0. The van der Waals surface area contributed by atoms with Gasteiger partial charge in [-0.3, -0.25) is 9.80 Å². The lowest BCUT2D eigenvalue weighted by atomic mass is 10.2. The number of hydrogen-bond acceptors (Lipinski definition) is 5. The van der Waals surface area contributed by atoms with Crippen LogP contribution in [0, 0.1) is 17.0 Å². The molecule has 1 saturated heterocycles. The first-order valence-electron chi connectivity index (χ1n) is 6.98. The lowest BCUT2D eigenvalue weighted by Crippen LogP contribution is -2.47. The van der Waals surface area contributed by atoms with E-state index in [0.717, 1.165) is 48.3 Å². The zero-order valence-electron chi connectivity index (χ0n) is 11.8. The molecule has 0 aliphatic carbocycles. The van der Waals surface area contributed by atoms with E-state index in [-0.39, 0.29) is 0 Å². The Kier molecular flexibility index (Phi) is 4.25. The van der Waals surface area contributed by atoms with E-state index >= 15 is 0 Å². The largest absolute Gasteiger partial charge is 0.290 e. The molecule has 5 nitrogen and oxygen atoms in total. The minimum Gasteiger partial charge on any atom is -0.290 e. The van der Waals surface area contributed by atoms with Crippen LogP contribution in [0.3, 0.4) is 0 Å². The van der Waals surface area contributed by atoms with Gasteiger partial charge in [0.1, 0.15) is 4.64 Å². The van der Waals surface area contributed by atoms with Gasteiger partial charge in [0.25, 0.3) is 0 Å². The Morgan fingerprint density at radius 3 is 2.62 bits per heavy atom. The van der Waals surface area contributed by atoms with Crippen molar-refractivity contribution in [3.05, 3.63) is 28.9 Å². The summed E-state index contributed by atoms with van der Waals surface area (Å²) in [6.45, 7) is 5.32. The molecule has 0 amide bonds. The minimum atomic E-state index is 0.681. The smallest absolute Gasteiger partial charge is 0.135 e. The highest BCUT2D eigenvalue weighted by molar-refractivity contribution is 7.71. The second-order valence-corrected chi connectivity index (χ2v) is 5.54. The maximum atomic E-state index is 5.52. The van der Waals surface area contributed by atoms with Crippen LogP contribution >= 0.6 is 12.2 Å². The summed E-state index contributed by atoms with van der Waals surface area (Å²) in [4.78, 5) is 4.61. The highest BCUT2D eigenvalue weighted by Gasteiger charge is 2.16. The van der Waals surface area contributed by atoms with E-state index in [9.17, 15) is 0 Å². The molecule has 6 heteroatoms. The van der Waals surface area contributed by atoms with Crippen molar-refractivity contribution in [3.63, 3.8) is 0 Å². The topological polar surface area (TPSA) is 37.2 Å². The monoisotopic (exact) mass is 299 g/mol. The molecular formula is C15H17N5S. The molecule has 1 aliphatic rings. The van der Waals surface area contributed by atoms with Crippen LogP contribution in [-0.2, 0) is 6.67 Å². The molecule has 1 aliphatic heterocycles. The van der Waals surface area contributed by atoms with Crippen LogP contribution in [0.15, 0.2) is 24.3 Å². The van der Waals surface area contributed by atoms with Gasteiger partial charge in [-0.2, -0.15) is 0 Å². The molecule has 1 fully saturated rings. The van der Waals surface area contributed by atoms with Gasteiger partial charge in [-0.1, -0.05) is 35.5 Å². The van der Waals surface area contributed by atoms with Gasteiger partial charge in [-0.25, -0.2) is 4.68 Å². The number of rotatable bonds is 3. The van der Waals surface area contributed by atoms with Crippen molar-refractivity contribution in [2.45, 2.75) is 6.67 Å². The number of piperazine rings is 1. The maximum Gasteiger partial charge on any atom is 0.135 e. The average Bonchev–Trinajstić information content (AvgIpc) is 2.52. The van der Waals surface area contributed by atoms with Gasteiger partial charge >= 0.3 is 0 Å². The maximum absolute atomic E-state index is 5.52. The van der Waals surface area contributed by atoms with Crippen LogP contribution < -0.4 is 0 Å². The van der Waals surface area contributed by atoms with Gasteiger partial charge in [-0.05, 0) is 12.1 Å². The second-order valence-electron chi connectivity index (χ2n) is 5.15. The van der Waals surface area contributed by atoms with Crippen LogP contribution in [0.1, 0.15) is 0 Å². The summed E-state index contributed by atoms with van der Waals surface area (Å²) >= 11 is 5.52. The molecule has 0 unspecified atom stereocenters. The van der Waals surface area contributed by atoms with Crippen LogP contribution in [-0.4, -0.2) is 57.5 Å². The summed E-state index contributed by atoms with van der Waals surface area (Å²) in [7, 11) is 0. The molecule has 0 bridgehead atoms. The highest BCUT2D eigenvalue weighted by atomic mass is 32.1. The minimum absolute atomic E-state index is 0.681. The molecule has 21 heavy (non-hydrogen) atoms. The SMILES string of the molecule is C#CCN1CCN(Cn2nnc3ccccc3c2=S)CC1. The summed E-state index contributed by atoms with van der Waals surface area (Å²) < 4.78 is 2.54. The zero-order chi connectivity index (χ0) is 14.7. The third kappa shape index (κ3) is 3.10. The van der Waals surface area contributed by atoms with Gasteiger partial charge in [0.2, 0.25) is 0 Å². The Bertz CT molecular complexity index is 725. The van der Waals surface area contributed by atoms with E-state index in [1.54, 1.807) is 4.68 Å². The number of aromatic nitrogens is 3. The van der Waals surface area contributed by atoms with Gasteiger partial charge in [0, 0.05) is 31.6 Å². The predicted molar refractivity (Wildman–Crippen MR) is 85.2 cm³/mol. The van der Waals surface area contributed by atoms with Crippen molar-refractivity contribution in [1.82, 2.24) is 24.8 Å². The number of fused-ring (bicyclic) bond motifs is 1. The van der Waals surface area contributed by atoms with Crippen molar-refractivity contribution in [1.29, 1.82) is 0 Å². The molecule has 0 radical (unpaired) electrons. The molecule has 2 heterocycles. The quantitative estimate of drug-likeness (QED) is 0.632. The van der Waals surface area contributed by atoms with Crippen molar-refractivity contribution in [3.8, 4) is 12.3 Å². The van der Waals surface area contributed by atoms with Crippen molar-refractivity contribution >= 4 is 23.1 Å². The predicted octanol–water partition coefficient (Wildman–Crippen LogP) is 1.37. The summed E-state index contributed by atoms with van der Waals surface area (Å²) in [5, 5.41) is 9.45. The molecule has 3 rings (SSSR count). The second kappa shape index (κ2) is 6.31. The van der Waals surface area contributed by atoms with E-state index in [1.165, 1.54) is 0 Å². The normalized spacial score (nSPS) is 16.9. The number of benzene rings is 1. The fourth-order valence-electron chi connectivity index (χ4n) is 2.52. The Balaban J connectivity index is 1.73. The van der Waals surface area contributed by atoms with Crippen LogP contribution in [0.25, 0.3) is 10.9 Å². The summed E-state index contributed by atoms with van der Waals surface area (Å²) in [5.41, 5.74) is 0.845. The summed E-state index contributed by atoms with van der Waals surface area (Å²) in [5.74, 6) is 2.69. The molecule has 0 N–H and O–H groups in total. The molecule has 2 aromatic rings. The molecular weight excluding hydrogens is 282 g/mol. The summed E-state index contributed by atoms with van der Waals surface area (Å²) in [6.07, 6.45) is 5.35. The summed E-state index contributed by atoms with van der Waals surface area (Å²) in [6, 6.07) is 7.85. The first-order chi connectivity index (χ1) is 10.3.